The summed E-state index contributed by atoms with van der Waals surface area (Å²) >= 11 is 0. The van der Waals surface area contributed by atoms with E-state index in [0.717, 1.165) is 5.56 Å². The zero-order chi connectivity index (χ0) is 25.4. The Bertz CT molecular complexity index is 1500. The molecule has 2 aromatic heterocycles. The van der Waals surface area contributed by atoms with Crippen molar-refractivity contribution in [2.24, 2.45) is 0 Å². The highest BCUT2D eigenvalue weighted by Gasteiger charge is 2.32. The Balaban J connectivity index is 1.57. The standard InChI is InChI=1S/C26H23FN4O5/c1-17-4-9-21-20(15-17)23(28-10-12-29(13-11-28)25(32)22-3-2-14-36-22)24(31(34)35)26(33)30(21)16-18-5-7-19(27)8-6-18/h2-9,14-15H,10-13,16H2,1H3. The van der Waals surface area contributed by atoms with Gasteiger partial charge in [0.1, 0.15) is 11.5 Å². The van der Waals surface area contributed by atoms with Crippen molar-refractivity contribution in [3.05, 3.63) is 104 Å². The van der Waals surface area contributed by atoms with Crippen molar-refractivity contribution in [2.75, 3.05) is 31.1 Å². The average molecular weight is 490 g/mol. The van der Waals surface area contributed by atoms with E-state index < -0.39 is 22.0 Å². The molecule has 10 heteroatoms. The minimum atomic E-state index is -0.732. The minimum Gasteiger partial charge on any atom is -0.459 e. The Morgan fingerprint density at radius 1 is 1.08 bits per heavy atom. The Morgan fingerprint density at radius 2 is 1.81 bits per heavy atom. The number of aromatic nitrogens is 1. The van der Waals surface area contributed by atoms with Gasteiger partial charge in [-0.3, -0.25) is 24.3 Å². The van der Waals surface area contributed by atoms with Gasteiger partial charge >= 0.3 is 11.2 Å². The molecule has 4 aromatic rings. The van der Waals surface area contributed by atoms with Gasteiger partial charge in [-0.15, -0.1) is 0 Å². The van der Waals surface area contributed by atoms with Crippen LogP contribution >= 0.6 is 0 Å². The molecule has 1 aliphatic rings. The molecule has 9 nitrogen and oxygen atoms in total. The highest BCUT2D eigenvalue weighted by atomic mass is 19.1. The maximum absolute atomic E-state index is 13.5. The van der Waals surface area contributed by atoms with Crippen LogP contribution in [0.4, 0.5) is 15.8 Å². The molecule has 0 saturated carbocycles. The maximum Gasteiger partial charge on any atom is 0.357 e. The van der Waals surface area contributed by atoms with E-state index in [1.807, 2.05) is 19.1 Å². The van der Waals surface area contributed by atoms with Gasteiger partial charge in [0.15, 0.2) is 5.76 Å². The average Bonchev–Trinajstić information content (AvgIpc) is 3.41. The molecule has 0 atom stereocenters. The summed E-state index contributed by atoms with van der Waals surface area (Å²) in [6.07, 6.45) is 1.43. The lowest BCUT2D eigenvalue weighted by Crippen LogP contribution is -2.49. The first-order valence-electron chi connectivity index (χ1n) is 11.5. The molecule has 1 aliphatic heterocycles. The van der Waals surface area contributed by atoms with Gasteiger partial charge in [-0.05, 0) is 48.9 Å². The molecule has 3 heterocycles. The Labute approximate surface area is 205 Å². The van der Waals surface area contributed by atoms with E-state index in [2.05, 4.69) is 0 Å². The molecule has 184 valence electrons. The SMILES string of the molecule is Cc1ccc2c(c1)c(N1CCN(C(=O)c3ccco3)CC1)c([N+](=O)[O-])c(=O)n2Cc1ccc(F)cc1. The van der Waals surface area contributed by atoms with Crippen molar-refractivity contribution in [2.45, 2.75) is 13.5 Å². The third kappa shape index (κ3) is 4.21. The number of carbonyl (C=O) groups is 1. The molecule has 5 rings (SSSR count). The van der Waals surface area contributed by atoms with E-state index >= 15 is 0 Å². The molecule has 0 aliphatic carbocycles. The molecule has 1 amide bonds. The number of piperazine rings is 1. The molecule has 0 spiro atoms. The lowest BCUT2D eigenvalue weighted by atomic mass is 10.1. The minimum absolute atomic E-state index is 0.0607. The molecule has 36 heavy (non-hydrogen) atoms. The topological polar surface area (TPSA) is 102 Å². The number of rotatable bonds is 5. The van der Waals surface area contributed by atoms with E-state index in [1.54, 1.807) is 40.1 Å². The molecule has 2 aromatic carbocycles. The summed E-state index contributed by atoms with van der Waals surface area (Å²) in [5.41, 5.74) is 1.09. The molecule has 1 fully saturated rings. The van der Waals surface area contributed by atoms with E-state index in [1.165, 1.54) is 23.0 Å². The number of nitrogens with zero attached hydrogens (tertiary/aromatic N) is 4. The van der Waals surface area contributed by atoms with Gasteiger partial charge in [0, 0.05) is 31.6 Å². The van der Waals surface area contributed by atoms with Gasteiger partial charge in [0.05, 0.1) is 23.2 Å². The Kier molecular flexibility index (Phi) is 6.01. The Morgan fingerprint density at radius 3 is 2.44 bits per heavy atom. The molecular weight excluding hydrogens is 467 g/mol. The first-order valence-corrected chi connectivity index (χ1v) is 11.5. The highest BCUT2D eigenvalue weighted by molar-refractivity contribution is 5.97. The smallest absolute Gasteiger partial charge is 0.357 e. The number of hydrogen-bond donors (Lipinski definition) is 0. The number of nitro groups is 1. The van der Waals surface area contributed by atoms with E-state index in [0.29, 0.717) is 42.6 Å². The van der Waals surface area contributed by atoms with Crippen LogP contribution in [0.5, 0.6) is 0 Å². The lowest BCUT2D eigenvalue weighted by molar-refractivity contribution is -0.385. The van der Waals surface area contributed by atoms with Gasteiger partial charge in [-0.25, -0.2) is 4.39 Å². The number of benzene rings is 2. The van der Waals surface area contributed by atoms with Crippen LogP contribution in [-0.4, -0.2) is 46.5 Å². The summed E-state index contributed by atoms with van der Waals surface area (Å²) in [6, 6.07) is 14.4. The molecule has 0 radical (unpaired) electrons. The van der Waals surface area contributed by atoms with Crippen molar-refractivity contribution >= 4 is 28.2 Å². The zero-order valence-corrected chi connectivity index (χ0v) is 19.5. The second kappa shape index (κ2) is 9.29. The Hall–Kier alpha value is -4.47. The van der Waals surface area contributed by atoms with Crippen LogP contribution in [-0.2, 0) is 6.54 Å². The number of hydrogen-bond acceptors (Lipinski definition) is 6. The van der Waals surface area contributed by atoms with E-state index in [4.69, 9.17) is 4.42 Å². The van der Waals surface area contributed by atoms with Gasteiger partial charge in [0.25, 0.3) is 5.91 Å². The summed E-state index contributed by atoms with van der Waals surface area (Å²) in [6.45, 7) is 3.22. The summed E-state index contributed by atoms with van der Waals surface area (Å²) in [5.74, 6) is -0.416. The number of anilines is 1. The van der Waals surface area contributed by atoms with Crippen molar-refractivity contribution in [1.29, 1.82) is 0 Å². The fourth-order valence-corrected chi connectivity index (χ4v) is 4.64. The summed E-state index contributed by atoms with van der Waals surface area (Å²) in [7, 11) is 0. The third-order valence-electron chi connectivity index (χ3n) is 6.42. The highest BCUT2D eigenvalue weighted by Crippen LogP contribution is 2.35. The van der Waals surface area contributed by atoms with Crippen molar-refractivity contribution < 1.29 is 18.5 Å². The van der Waals surface area contributed by atoms with Crippen LogP contribution in [0.25, 0.3) is 10.9 Å². The predicted molar refractivity (Wildman–Crippen MR) is 132 cm³/mol. The number of furan rings is 1. The number of pyridine rings is 1. The van der Waals surface area contributed by atoms with Crippen LogP contribution < -0.4 is 10.5 Å². The summed E-state index contributed by atoms with van der Waals surface area (Å²) in [4.78, 5) is 41.2. The molecule has 0 unspecified atom stereocenters. The number of aryl methyl sites for hydroxylation is 1. The summed E-state index contributed by atoms with van der Waals surface area (Å²) in [5, 5.41) is 12.8. The number of fused-ring (bicyclic) bond motifs is 1. The van der Waals surface area contributed by atoms with Gasteiger partial charge in [0.2, 0.25) is 0 Å². The first-order chi connectivity index (χ1) is 17.3. The van der Waals surface area contributed by atoms with Gasteiger partial charge in [-0.1, -0.05) is 23.8 Å². The van der Waals surface area contributed by atoms with Gasteiger partial charge in [-0.2, -0.15) is 0 Å². The van der Waals surface area contributed by atoms with Gasteiger partial charge < -0.3 is 14.2 Å². The predicted octanol–water partition coefficient (Wildman–Crippen LogP) is 3.96. The molecule has 0 N–H and O–H groups in total. The zero-order valence-electron chi connectivity index (χ0n) is 19.5. The van der Waals surface area contributed by atoms with Crippen molar-refractivity contribution in [3.63, 3.8) is 0 Å². The fourth-order valence-electron chi connectivity index (χ4n) is 4.64. The number of amides is 1. The monoisotopic (exact) mass is 490 g/mol. The second-order valence-corrected chi connectivity index (χ2v) is 8.75. The van der Waals surface area contributed by atoms with Crippen LogP contribution in [0.1, 0.15) is 21.7 Å². The van der Waals surface area contributed by atoms with Crippen LogP contribution in [0.2, 0.25) is 0 Å². The van der Waals surface area contributed by atoms with Crippen LogP contribution in [0.3, 0.4) is 0 Å². The lowest BCUT2D eigenvalue weighted by Gasteiger charge is -2.36. The normalized spacial score (nSPS) is 13.8. The fraction of sp³-hybridized carbons (Fsp3) is 0.231. The van der Waals surface area contributed by atoms with Crippen molar-refractivity contribution in [3.8, 4) is 0 Å². The largest absolute Gasteiger partial charge is 0.459 e. The van der Waals surface area contributed by atoms with E-state index in [-0.39, 0.29) is 23.9 Å². The third-order valence-corrected chi connectivity index (χ3v) is 6.42. The van der Waals surface area contributed by atoms with Crippen LogP contribution in [0, 0.1) is 22.9 Å². The molecule has 0 bridgehead atoms. The van der Waals surface area contributed by atoms with E-state index in [9.17, 15) is 24.1 Å². The molecular formula is C26H23FN4O5. The number of halogens is 1. The quantitative estimate of drug-likeness (QED) is 0.310. The number of carbonyl (C=O) groups excluding carboxylic acids is 1. The van der Waals surface area contributed by atoms with Crippen LogP contribution in [0.15, 0.2) is 70.1 Å². The maximum atomic E-state index is 13.5. The molecule has 1 saturated heterocycles. The second-order valence-electron chi connectivity index (χ2n) is 8.75. The van der Waals surface area contributed by atoms with Crippen molar-refractivity contribution in [1.82, 2.24) is 9.47 Å². The summed E-state index contributed by atoms with van der Waals surface area (Å²) < 4.78 is 20.0. The first kappa shape index (κ1) is 23.3.